The van der Waals surface area contributed by atoms with E-state index >= 15 is 0 Å². The van der Waals surface area contributed by atoms with Gasteiger partial charge in [0, 0.05) is 5.56 Å². The minimum absolute atomic E-state index is 0.192. The molecule has 0 bridgehead atoms. The van der Waals surface area contributed by atoms with Gasteiger partial charge in [-0.3, -0.25) is 0 Å². The third kappa shape index (κ3) is 2.16. The minimum atomic E-state index is -0.989. The first kappa shape index (κ1) is 12.1. The Morgan fingerprint density at radius 3 is 2.45 bits per heavy atom. The Balaban J connectivity index is 2.05. The van der Waals surface area contributed by atoms with E-state index in [2.05, 4.69) is 10.1 Å². The zero-order chi connectivity index (χ0) is 13.9. The van der Waals surface area contributed by atoms with Crippen molar-refractivity contribution in [1.29, 1.82) is 0 Å². The lowest BCUT2D eigenvalue weighted by Gasteiger charge is -2.04. The Morgan fingerprint density at radius 1 is 1.00 bits per heavy atom. The molecule has 20 heavy (non-hydrogen) atoms. The zero-order valence-electron chi connectivity index (χ0n) is 10.5. The third-order valence-corrected chi connectivity index (χ3v) is 2.91. The first-order valence-electron chi connectivity index (χ1n) is 6.05. The molecule has 0 atom stereocenters. The molecule has 98 valence electrons. The van der Waals surface area contributed by atoms with E-state index < -0.39 is 5.97 Å². The summed E-state index contributed by atoms with van der Waals surface area (Å²) in [4.78, 5) is 15.4. The van der Waals surface area contributed by atoms with Gasteiger partial charge in [0.05, 0.1) is 11.3 Å². The lowest BCUT2D eigenvalue weighted by atomic mass is 10.2. The van der Waals surface area contributed by atoms with Crippen LogP contribution in [0.3, 0.4) is 0 Å². The fourth-order valence-corrected chi connectivity index (χ4v) is 1.95. The highest BCUT2D eigenvalue weighted by Gasteiger charge is 2.12. The number of benzene rings is 2. The average Bonchev–Trinajstić information content (AvgIpc) is 2.98. The summed E-state index contributed by atoms with van der Waals surface area (Å²) in [7, 11) is 0. The lowest BCUT2D eigenvalue weighted by molar-refractivity contribution is 0.0696. The number of para-hydroxylation sites is 1. The Hall–Kier alpha value is -2.95. The van der Waals surface area contributed by atoms with Crippen LogP contribution in [0.4, 0.5) is 0 Å². The molecule has 0 fully saturated rings. The molecule has 0 unspecified atom stereocenters. The highest BCUT2D eigenvalue weighted by atomic mass is 16.4. The summed E-state index contributed by atoms with van der Waals surface area (Å²) >= 11 is 0. The number of carbonyl (C=O) groups is 1. The molecular weight excluding hydrogens is 254 g/mol. The van der Waals surface area contributed by atoms with Crippen molar-refractivity contribution in [2.45, 2.75) is 0 Å². The minimum Gasteiger partial charge on any atom is -0.478 e. The molecule has 0 aliphatic carbocycles. The standard InChI is InChI=1S/C15H11N3O2/c19-15(20)12-8-4-5-9-13(12)18-10-16-14(17-18)11-6-2-1-3-7-11/h1-10H,(H,19,20). The summed E-state index contributed by atoms with van der Waals surface area (Å²) in [5.74, 6) is -0.428. The monoisotopic (exact) mass is 265 g/mol. The van der Waals surface area contributed by atoms with Gasteiger partial charge >= 0.3 is 5.97 Å². The van der Waals surface area contributed by atoms with Crippen LogP contribution in [0.25, 0.3) is 17.1 Å². The van der Waals surface area contributed by atoms with Gasteiger partial charge in [-0.05, 0) is 12.1 Å². The Kier molecular flexibility index (Phi) is 3.01. The van der Waals surface area contributed by atoms with Crippen LogP contribution in [0.1, 0.15) is 10.4 Å². The Bertz CT molecular complexity index is 751. The molecular formula is C15H11N3O2. The summed E-state index contributed by atoms with van der Waals surface area (Å²) in [6.07, 6.45) is 1.52. The second kappa shape index (κ2) is 4.97. The molecule has 3 aromatic rings. The number of aromatic carboxylic acids is 1. The maximum Gasteiger partial charge on any atom is 0.337 e. The maximum absolute atomic E-state index is 11.2. The molecule has 2 aromatic carbocycles. The van der Waals surface area contributed by atoms with Crippen molar-refractivity contribution in [1.82, 2.24) is 14.8 Å². The molecule has 3 rings (SSSR count). The van der Waals surface area contributed by atoms with E-state index in [1.165, 1.54) is 11.0 Å². The molecule has 0 saturated heterocycles. The summed E-state index contributed by atoms with van der Waals surface area (Å²) in [6, 6.07) is 16.2. The van der Waals surface area contributed by atoms with Crippen molar-refractivity contribution in [2.75, 3.05) is 0 Å². The SMILES string of the molecule is O=C(O)c1ccccc1-n1cnc(-c2ccccc2)n1. The smallest absolute Gasteiger partial charge is 0.337 e. The largest absolute Gasteiger partial charge is 0.478 e. The fourth-order valence-electron chi connectivity index (χ4n) is 1.95. The molecule has 1 N–H and O–H groups in total. The number of rotatable bonds is 3. The van der Waals surface area contributed by atoms with E-state index in [-0.39, 0.29) is 5.56 Å². The molecule has 0 aliphatic heterocycles. The summed E-state index contributed by atoms with van der Waals surface area (Å²) in [5.41, 5.74) is 1.57. The molecule has 0 spiro atoms. The van der Waals surface area contributed by atoms with Crippen molar-refractivity contribution in [3.8, 4) is 17.1 Å². The van der Waals surface area contributed by atoms with Gasteiger partial charge in [-0.2, -0.15) is 0 Å². The van der Waals surface area contributed by atoms with E-state index in [9.17, 15) is 9.90 Å². The van der Waals surface area contributed by atoms with Crippen LogP contribution in [-0.4, -0.2) is 25.8 Å². The van der Waals surface area contributed by atoms with Gasteiger partial charge in [-0.25, -0.2) is 14.5 Å². The number of hydrogen-bond donors (Lipinski definition) is 1. The normalized spacial score (nSPS) is 10.4. The summed E-state index contributed by atoms with van der Waals surface area (Å²) in [5, 5.41) is 13.5. The second-order valence-corrected chi connectivity index (χ2v) is 4.20. The number of hydrogen-bond acceptors (Lipinski definition) is 3. The number of carboxylic acid groups (broad SMARTS) is 1. The average molecular weight is 265 g/mol. The predicted octanol–water partition coefficient (Wildman–Crippen LogP) is 2.63. The van der Waals surface area contributed by atoms with Crippen LogP contribution in [0.15, 0.2) is 60.9 Å². The van der Waals surface area contributed by atoms with Gasteiger partial charge in [0.25, 0.3) is 0 Å². The van der Waals surface area contributed by atoms with Crippen LogP contribution in [0, 0.1) is 0 Å². The quantitative estimate of drug-likeness (QED) is 0.790. The van der Waals surface area contributed by atoms with Crippen LogP contribution < -0.4 is 0 Å². The van der Waals surface area contributed by atoms with Crippen molar-refractivity contribution in [3.63, 3.8) is 0 Å². The van der Waals surface area contributed by atoms with Gasteiger partial charge < -0.3 is 5.11 Å². The highest BCUT2D eigenvalue weighted by molar-refractivity contribution is 5.91. The van der Waals surface area contributed by atoms with E-state index in [1.54, 1.807) is 24.3 Å². The second-order valence-electron chi connectivity index (χ2n) is 4.20. The highest BCUT2D eigenvalue weighted by Crippen LogP contribution is 2.17. The van der Waals surface area contributed by atoms with Crippen LogP contribution in [-0.2, 0) is 0 Å². The summed E-state index contributed by atoms with van der Waals surface area (Å²) in [6.45, 7) is 0. The molecule has 0 radical (unpaired) electrons. The molecule has 5 nitrogen and oxygen atoms in total. The topological polar surface area (TPSA) is 68.0 Å². The summed E-state index contributed by atoms with van der Waals surface area (Å²) < 4.78 is 1.48. The molecule has 1 aromatic heterocycles. The molecule has 0 aliphatic rings. The van der Waals surface area contributed by atoms with Crippen molar-refractivity contribution >= 4 is 5.97 Å². The molecule has 0 amide bonds. The van der Waals surface area contributed by atoms with Gasteiger partial charge in [0.15, 0.2) is 5.82 Å². The first-order valence-corrected chi connectivity index (χ1v) is 6.05. The van der Waals surface area contributed by atoms with Crippen LogP contribution >= 0.6 is 0 Å². The first-order chi connectivity index (χ1) is 9.75. The number of aromatic nitrogens is 3. The van der Waals surface area contributed by atoms with E-state index in [4.69, 9.17) is 0 Å². The Morgan fingerprint density at radius 2 is 1.70 bits per heavy atom. The van der Waals surface area contributed by atoms with Crippen molar-refractivity contribution in [2.24, 2.45) is 0 Å². The van der Waals surface area contributed by atoms with Crippen LogP contribution in [0.2, 0.25) is 0 Å². The van der Waals surface area contributed by atoms with Gasteiger partial charge in [-0.15, -0.1) is 5.10 Å². The maximum atomic E-state index is 11.2. The number of carboxylic acids is 1. The third-order valence-electron chi connectivity index (χ3n) is 2.91. The molecule has 5 heteroatoms. The molecule has 1 heterocycles. The van der Waals surface area contributed by atoms with E-state index in [0.29, 0.717) is 11.5 Å². The van der Waals surface area contributed by atoms with Gasteiger partial charge in [0.1, 0.15) is 6.33 Å². The zero-order valence-corrected chi connectivity index (χ0v) is 10.5. The van der Waals surface area contributed by atoms with Crippen LogP contribution in [0.5, 0.6) is 0 Å². The van der Waals surface area contributed by atoms with Crippen molar-refractivity contribution in [3.05, 3.63) is 66.5 Å². The van der Waals surface area contributed by atoms with E-state index in [1.807, 2.05) is 30.3 Å². The predicted molar refractivity (Wildman–Crippen MR) is 73.8 cm³/mol. The van der Waals surface area contributed by atoms with E-state index in [0.717, 1.165) is 5.56 Å². The lowest BCUT2D eigenvalue weighted by Crippen LogP contribution is -2.05. The van der Waals surface area contributed by atoms with Gasteiger partial charge in [-0.1, -0.05) is 42.5 Å². The fraction of sp³-hybridized carbons (Fsp3) is 0. The Labute approximate surface area is 115 Å². The molecule has 0 saturated carbocycles. The number of nitrogens with zero attached hydrogens (tertiary/aromatic N) is 3. The van der Waals surface area contributed by atoms with Gasteiger partial charge in [0.2, 0.25) is 0 Å². The van der Waals surface area contributed by atoms with Crippen molar-refractivity contribution < 1.29 is 9.90 Å².